The van der Waals surface area contributed by atoms with Gasteiger partial charge in [0.05, 0.1) is 5.69 Å². The lowest BCUT2D eigenvalue weighted by molar-refractivity contribution is -0.0539. The van der Waals surface area contributed by atoms with Crippen LogP contribution >= 0.6 is 15.9 Å². The summed E-state index contributed by atoms with van der Waals surface area (Å²) in [6.45, 7) is 0. The maximum absolute atomic E-state index is 13.5. The molecule has 4 heteroatoms. The minimum atomic E-state index is -0.838. The Bertz CT molecular complexity index is 1260. The Morgan fingerprint density at radius 2 is 1.39 bits per heavy atom. The molecule has 2 aliphatic rings. The van der Waals surface area contributed by atoms with Crippen molar-refractivity contribution in [2.75, 3.05) is 4.90 Å². The van der Waals surface area contributed by atoms with Crippen molar-refractivity contribution in [3.05, 3.63) is 135 Å². The SMILES string of the molecule is O=C1c2cc(Br)ccc2[C@@H]2OC(c3ccccc3)(c3ccccc3)c3ccccc3N12. The maximum Gasteiger partial charge on any atom is 0.261 e. The third kappa shape index (κ3) is 2.59. The Hall–Kier alpha value is -3.21. The molecule has 0 unspecified atom stereocenters. The molecule has 1 atom stereocenters. The minimum Gasteiger partial charge on any atom is -0.333 e. The number of benzene rings is 4. The first-order valence-corrected chi connectivity index (χ1v) is 11.0. The van der Waals surface area contributed by atoms with Crippen LogP contribution in [0.3, 0.4) is 0 Å². The van der Waals surface area contributed by atoms with Crippen molar-refractivity contribution in [3.8, 4) is 0 Å². The highest BCUT2D eigenvalue weighted by molar-refractivity contribution is 9.10. The maximum atomic E-state index is 13.5. The number of nitrogens with zero attached hydrogens (tertiary/aromatic N) is 1. The molecule has 0 N–H and O–H groups in total. The lowest BCUT2D eigenvalue weighted by Crippen LogP contribution is -2.45. The molecule has 0 spiro atoms. The Kier molecular flexibility index (Phi) is 4.13. The smallest absolute Gasteiger partial charge is 0.261 e. The van der Waals surface area contributed by atoms with Crippen molar-refractivity contribution in [1.82, 2.24) is 0 Å². The molecule has 0 radical (unpaired) electrons. The molecule has 3 nitrogen and oxygen atoms in total. The first kappa shape index (κ1) is 18.6. The van der Waals surface area contributed by atoms with Gasteiger partial charge in [-0.25, -0.2) is 0 Å². The molecule has 0 bridgehead atoms. The summed E-state index contributed by atoms with van der Waals surface area (Å²) >= 11 is 3.51. The van der Waals surface area contributed by atoms with E-state index in [1.54, 1.807) is 4.90 Å². The molecule has 0 saturated carbocycles. The van der Waals surface area contributed by atoms with Crippen LogP contribution in [0.25, 0.3) is 0 Å². The van der Waals surface area contributed by atoms with Crippen LogP contribution in [0.5, 0.6) is 0 Å². The number of hydrogen-bond donors (Lipinski definition) is 0. The number of anilines is 1. The molecule has 31 heavy (non-hydrogen) atoms. The molecule has 6 rings (SSSR count). The van der Waals surface area contributed by atoms with Gasteiger partial charge < -0.3 is 4.74 Å². The number of carbonyl (C=O) groups is 1. The van der Waals surface area contributed by atoms with Crippen LogP contribution in [0.4, 0.5) is 5.69 Å². The zero-order valence-electron chi connectivity index (χ0n) is 16.5. The van der Waals surface area contributed by atoms with Gasteiger partial charge in [-0.3, -0.25) is 9.69 Å². The van der Waals surface area contributed by atoms with Crippen molar-refractivity contribution in [2.24, 2.45) is 0 Å². The Balaban J connectivity index is 1.69. The quantitative estimate of drug-likeness (QED) is 0.339. The fraction of sp³-hybridized carbons (Fsp3) is 0.0741. The third-order valence-corrected chi connectivity index (χ3v) is 6.65. The number of amides is 1. The highest BCUT2D eigenvalue weighted by Crippen LogP contribution is 2.55. The number of rotatable bonds is 2. The highest BCUT2D eigenvalue weighted by Gasteiger charge is 2.52. The van der Waals surface area contributed by atoms with Gasteiger partial charge in [0.15, 0.2) is 6.23 Å². The second-order valence-electron chi connectivity index (χ2n) is 7.81. The van der Waals surface area contributed by atoms with E-state index in [2.05, 4.69) is 46.3 Å². The van der Waals surface area contributed by atoms with Gasteiger partial charge in [-0.05, 0) is 29.3 Å². The Labute approximate surface area is 189 Å². The van der Waals surface area contributed by atoms with Gasteiger partial charge in [0.1, 0.15) is 5.60 Å². The largest absolute Gasteiger partial charge is 0.333 e. The van der Waals surface area contributed by atoms with Gasteiger partial charge in [-0.2, -0.15) is 0 Å². The van der Waals surface area contributed by atoms with Gasteiger partial charge in [-0.15, -0.1) is 0 Å². The van der Waals surface area contributed by atoms with Crippen molar-refractivity contribution in [3.63, 3.8) is 0 Å². The average Bonchev–Trinajstić information content (AvgIpc) is 3.10. The molecular weight excluding hydrogens is 450 g/mol. The Morgan fingerprint density at radius 3 is 2.06 bits per heavy atom. The van der Waals surface area contributed by atoms with Gasteiger partial charge in [-0.1, -0.05) is 101 Å². The van der Waals surface area contributed by atoms with E-state index in [1.807, 2.05) is 72.8 Å². The molecule has 150 valence electrons. The van der Waals surface area contributed by atoms with E-state index in [1.165, 1.54) is 0 Å². The second kappa shape index (κ2) is 6.91. The van der Waals surface area contributed by atoms with E-state index in [0.717, 1.165) is 32.4 Å². The summed E-state index contributed by atoms with van der Waals surface area (Å²) in [5, 5.41) is 0. The molecule has 4 aromatic carbocycles. The third-order valence-electron chi connectivity index (χ3n) is 6.16. The van der Waals surface area contributed by atoms with E-state index in [4.69, 9.17) is 4.74 Å². The minimum absolute atomic E-state index is 0.0385. The highest BCUT2D eigenvalue weighted by atomic mass is 79.9. The lowest BCUT2D eigenvalue weighted by atomic mass is 9.78. The van der Waals surface area contributed by atoms with Crippen LogP contribution in [0, 0.1) is 0 Å². The molecule has 4 aromatic rings. The number of halogens is 1. The van der Waals surface area contributed by atoms with Crippen molar-refractivity contribution < 1.29 is 9.53 Å². The number of carbonyl (C=O) groups excluding carboxylic acids is 1. The van der Waals surface area contributed by atoms with Crippen LogP contribution in [0.1, 0.15) is 38.8 Å². The van der Waals surface area contributed by atoms with Gasteiger partial charge in [0, 0.05) is 21.2 Å². The Morgan fingerprint density at radius 1 is 0.774 bits per heavy atom. The van der Waals surface area contributed by atoms with Crippen LogP contribution in [-0.2, 0) is 10.3 Å². The second-order valence-corrected chi connectivity index (χ2v) is 8.72. The predicted molar refractivity (Wildman–Crippen MR) is 124 cm³/mol. The summed E-state index contributed by atoms with van der Waals surface area (Å²) in [4.78, 5) is 15.2. The van der Waals surface area contributed by atoms with E-state index in [-0.39, 0.29) is 5.91 Å². The van der Waals surface area contributed by atoms with Crippen LogP contribution < -0.4 is 4.90 Å². The fourth-order valence-electron chi connectivity index (χ4n) is 4.83. The van der Waals surface area contributed by atoms with Gasteiger partial charge in [0.2, 0.25) is 0 Å². The predicted octanol–water partition coefficient (Wildman–Crippen LogP) is 6.43. The lowest BCUT2D eigenvalue weighted by Gasteiger charge is -2.46. The van der Waals surface area contributed by atoms with Crippen molar-refractivity contribution in [2.45, 2.75) is 11.8 Å². The van der Waals surface area contributed by atoms with Crippen molar-refractivity contribution in [1.29, 1.82) is 0 Å². The molecule has 2 aliphatic heterocycles. The molecule has 0 aromatic heterocycles. The zero-order valence-corrected chi connectivity index (χ0v) is 18.1. The number of fused-ring (bicyclic) bond motifs is 5. The molecular formula is C27H18BrNO2. The molecule has 0 fully saturated rings. The van der Waals surface area contributed by atoms with Gasteiger partial charge >= 0.3 is 0 Å². The zero-order chi connectivity index (χ0) is 21.0. The average molecular weight is 468 g/mol. The molecule has 0 saturated heterocycles. The molecule has 2 heterocycles. The van der Waals surface area contributed by atoms with E-state index in [0.29, 0.717) is 5.56 Å². The molecule has 0 aliphatic carbocycles. The normalized spacial score (nSPS) is 18.3. The summed E-state index contributed by atoms with van der Waals surface area (Å²) in [6.07, 6.45) is -0.508. The monoisotopic (exact) mass is 467 g/mol. The van der Waals surface area contributed by atoms with E-state index < -0.39 is 11.8 Å². The number of ether oxygens (including phenoxy) is 1. The first-order valence-electron chi connectivity index (χ1n) is 10.2. The summed E-state index contributed by atoms with van der Waals surface area (Å²) < 4.78 is 7.90. The number of hydrogen-bond acceptors (Lipinski definition) is 2. The topological polar surface area (TPSA) is 29.5 Å². The fourth-order valence-corrected chi connectivity index (χ4v) is 5.19. The standard InChI is InChI=1S/C27H18BrNO2/c28-20-15-16-21-22(17-20)25(30)29-24-14-8-7-13-23(24)27(31-26(21)29,18-9-3-1-4-10-18)19-11-5-2-6-12-19/h1-17,26H/t26-/m0/s1. The summed E-state index contributed by atoms with van der Waals surface area (Å²) in [5.41, 5.74) is 4.63. The summed E-state index contributed by atoms with van der Waals surface area (Å²) in [6, 6.07) is 34.4. The molecule has 1 amide bonds. The van der Waals surface area contributed by atoms with Crippen molar-refractivity contribution >= 4 is 27.5 Å². The van der Waals surface area contributed by atoms with E-state index in [9.17, 15) is 4.79 Å². The van der Waals surface area contributed by atoms with E-state index >= 15 is 0 Å². The summed E-state index contributed by atoms with van der Waals surface area (Å²) in [5.74, 6) is -0.0385. The first-order chi connectivity index (χ1) is 15.2. The van der Waals surface area contributed by atoms with Crippen LogP contribution in [0.2, 0.25) is 0 Å². The van der Waals surface area contributed by atoms with Crippen LogP contribution in [-0.4, -0.2) is 5.91 Å². The van der Waals surface area contributed by atoms with Gasteiger partial charge in [0.25, 0.3) is 5.91 Å². The van der Waals surface area contributed by atoms with Crippen LogP contribution in [0.15, 0.2) is 108 Å². The summed E-state index contributed by atoms with van der Waals surface area (Å²) in [7, 11) is 0. The number of para-hydroxylation sites is 1.